The normalized spacial score (nSPS) is 12.6. The summed E-state index contributed by atoms with van der Waals surface area (Å²) in [6.45, 7) is 1.57. The summed E-state index contributed by atoms with van der Waals surface area (Å²) in [7, 11) is 0. The average Bonchev–Trinajstić information content (AvgIpc) is 2.58. The maximum absolute atomic E-state index is 14.4. The van der Waals surface area contributed by atoms with Crippen LogP contribution in [-0.2, 0) is 6.18 Å². The van der Waals surface area contributed by atoms with E-state index in [0.29, 0.717) is 22.8 Å². The molecule has 5 nitrogen and oxygen atoms in total. The number of terminal acetylenes is 1. The Morgan fingerprint density at radius 1 is 1.30 bits per heavy atom. The van der Waals surface area contributed by atoms with Crippen molar-refractivity contribution < 1.29 is 17.6 Å². The molecule has 0 saturated carbocycles. The maximum atomic E-state index is 14.4. The van der Waals surface area contributed by atoms with Gasteiger partial charge in [0, 0.05) is 17.8 Å². The zero-order valence-electron chi connectivity index (χ0n) is 13.9. The van der Waals surface area contributed by atoms with Gasteiger partial charge in [-0.25, -0.2) is 14.4 Å². The topological polar surface area (TPSA) is 70.7 Å². The van der Waals surface area contributed by atoms with Crippen LogP contribution >= 0.6 is 0 Å². The highest BCUT2D eigenvalue weighted by atomic mass is 19.4. The van der Waals surface area contributed by atoms with Gasteiger partial charge in [-0.2, -0.15) is 13.2 Å². The van der Waals surface area contributed by atoms with Crippen LogP contribution in [0.1, 0.15) is 23.0 Å². The minimum absolute atomic E-state index is 0.161. The van der Waals surface area contributed by atoms with Crippen molar-refractivity contribution in [3.05, 3.63) is 63.6 Å². The van der Waals surface area contributed by atoms with Crippen molar-refractivity contribution >= 4 is 16.7 Å². The number of hydrogen-bond donors (Lipinski definition) is 2. The molecule has 0 saturated heterocycles. The van der Waals surface area contributed by atoms with Gasteiger partial charge in [-0.15, -0.1) is 6.42 Å². The molecular weight excluding hydrogens is 364 g/mol. The number of benzene rings is 1. The molecule has 0 aliphatic heterocycles. The Morgan fingerprint density at radius 2 is 2.04 bits per heavy atom. The number of rotatable bonds is 3. The van der Waals surface area contributed by atoms with E-state index in [-0.39, 0.29) is 16.9 Å². The quantitative estimate of drug-likeness (QED) is 0.542. The molecule has 0 aliphatic carbocycles. The number of anilines is 1. The Hall–Kier alpha value is -3.41. The Balaban J connectivity index is 2.09. The molecule has 138 valence electrons. The van der Waals surface area contributed by atoms with Crippen LogP contribution in [-0.4, -0.2) is 15.0 Å². The van der Waals surface area contributed by atoms with Crippen LogP contribution < -0.4 is 10.9 Å². The van der Waals surface area contributed by atoms with E-state index in [1.165, 1.54) is 18.3 Å². The molecule has 1 aromatic carbocycles. The van der Waals surface area contributed by atoms with E-state index in [1.807, 2.05) is 0 Å². The Bertz CT molecular complexity index is 1120. The summed E-state index contributed by atoms with van der Waals surface area (Å²) in [5.74, 6) is 1.24. The SMILES string of the molecule is C#CC(Nc1nc(C)nc2cc(=O)[nH]cc12)c1cccc(C(F)(F)F)c1F. The van der Waals surface area contributed by atoms with E-state index >= 15 is 0 Å². The largest absolute Gasteiger partial charge is 0.419 e. The fourth-order valence-corrected chi connectivity index (χ4v) is 2.61. The highest BCUT2D eigenvalue weighted by Crippen LogP contribution is 2.34. The van der Waals surface area contributed by atoms with E-state index in [0.717, 1.165) is 6.07 Å². The van der Waals surface area contributed by atoms with Gasteiger partial charge in [0.05, 0.1) is 16.5 Å². The smallest absolute Gasteiger partial charge is 0.352 e. The second kappa shape index (κ2) is 6.72. The number of aryl methyl sites for hydroxylation is 1. The number of nitrogens with one attached hydrogen (secondary N) is 2. The Labute approximate surface area is 150 Å². The molecule has 1 unspecified atom stereocenters. The van der Waals surface area contributed by atoms with Crippen molar-refractivity contribution in [1.29, 1.82) is 0 Å². The lowest BCUT2D eigenvalue weighted by Crippen LogP contribution is -2.16. The number of nitrogens with zero attached hydrogens (tertiary/aromatic N) is 2. The van der Waals surface area contributed by atoms with Gasteiger partial charge in [0.25, 0.3) is 0 Å². The molecule has 0 bridgehead atoms. The molecule has 27 heavy (non-hydrogen) atoms. The van der Waals surface area contributed by atoms with Gasteiger partial charge in [0.1, 0.15) is 23.5 Å². The molecule has 2 heterocycles. The lowest BCUT2D eigenvalue weighted by molar-refractivity contribution is -0.140. The van der Waals surface area contributed by atoms with Gasteiger partial charge in [0.2, 0.25) is 5.56 Å². The zero-order chi connectivity index (χ0) is 19.8. The zero-order valence-corrected chi connectivity index (χ0v) is 13.9. The van der Waals surface area contributed by atoms with Crippen LogP contribution in [0.5, 0.6) is 0 Å². The van der Waals surface area contributed by atoms with E-state index < -0.39 is 23.6 Å². The van der Waals surface area contributed by atoms with Gasteiger partial charge in [0.15, 0.2) is 0 Å². The number of pyridine rings is 1. The molecule has 9 heteroatoms. The lowest BCUT2D eigenvalue weighted by Gasteiger charge is -2.18. The predicted octanol–water partition coefficient (Wildman–Crippen LogP) is 3.57. The van der Waals surface area contributed by atoms with Gasteiger partial charge in [-0.1, -0.05) is 18.1 Å². The summed E-state index contributed by atoms with van der Waals surface area (Å²) in [4.78, 5) is 22.2. The van der Waals surface area contributed by atoms with Crippen LogP contribution in [0.4, 0.5) is 23.4 Å². The number of fused-ring (bicyclic) bond motifs is 1. The first-order valence-electron chi connectivity index (χ1n) is 7.66. The molecule has 2 aromatic heterocycles. The predicted molar refractivity (Wildman–Crippen MR) is 91.5 cm³/mol. The third-order valence-electron chi connectivity index (χ3n) is 3.81. The first kappa shape index (κ1) is 18.4. The summed E-state index contributed by atoms with van der Waals surface area (Å²) in [6, 6.07) is 2.90. The Kier molecular flexibility index (Phi) is 4.57. The fourth-order valence-electron chi connectivity index (χ4n) is 2.61. The summed E-state index contributed by atoms with van der Waals surface area (Å²) < 4.78 is 53.3. The minimum Gasteiger partial charge on any atom is -0.352 e. The van der Waals surface area contributed by atoms with E-state index in [4.69, 9.17) is 6.42 Å². The number of H-pyrrole nitrogens is 1. The molecule has 3 rings (SSSR count). The van der Waals surface area contributed by atoms with Crippen molar-refractivity contribution in [2.45, 2.75) is 19.1 Å². The third-order valence-corrected chi connectivity index (χ3v) is 3.81. The Morgan fingerprint density at radius 3 is 2.70 bits per heavy atom. The van der Waals surface area contributed by atoms with Crippen molar-refractivity contribution in [3.8, 4) is 12.3 Å². The van der Waals surface area contributed by atoms with E-state index in [2.05, 4.69) is 26.2 Å². The number of halogens is 4. The average molecular weight is 376 g/mol. The second-order valence-corrected chi connectivity index (χ2v) is 5.67. The van der Waals surface area contributed by atoms with Crippen molar-refractivity contribution in [2.24, 2.45) is 0 Å². The molecule has 0 aliphatic rings. The van der Waals surface area contributed by atoms with Crippen LogP contribution in [0.3, 0.4) is 0 Å². The van der Waals surface area contributed by atoms with Crippen LogP contribution in [0.25, 0.3) is 10.9 Å². The molecule has 1 atom stereocenters. The summed E-state index contributed by atoms with van der Waals surface area (Å²) in [5, 5.41) is 3.13. The summed E-state index contributed by atoms with van der Waals surface area (Å²) in [5.41, 5.74) is -1.82. The molecule has 0 amide bonds. The van der Waals surface area contributed by atoms with Crippen LogP contribution in [0.15, 0.2) is 35.3 Å². The molecular formula is C18H12F4N4O. The fraction of sp³-hybridized carbons (Fsp3) is 0.167. The summed E-state index contributed by atoms with van der Waals surface area (Å²) in [6.07, 6.45) is 1.92. The number of alkyl halides is 3. The van der Waals surface area contributed by atoms with Gasteiger partial charge in [-0.05, 0) is 13.0 Å². The van der Waals surface area contributed by atoms with Crippen molar-refractivity contribution in [1.82, 2.24) is 15.0 Å². The second-order valence-electron chi connectivity index (χ2n) is 5.67. The van der Waals surface area contributed by atoms with Gasteiger partial charge >= 0.3 is 6.18 Å². The van der Waals surface area contributed by atoms with Gasteiger partial charge in [-0.3, -0.25) is 4.79 Å². The first-order chi connectivity index (χ1) is 12.7. The number of hydrogen-bond acceptors (Lipinski definition) is 4. The molecule has 2 N–H and O–H groups in total. The maximum Gasteiger partial charge on any atom is 0.419 e. The monoisotopic (exact) mass is 376 g/mol. The molecule has 3 aromatic rings. The molecule has 0 spiro atoms. The third kappa shape index (κ3) is 3.60. The number of aromatic nitrogens is 3. The van der Waals surface area contributed by atoms with Crippen LogP contribution in [0.2, 0.25) is 0 Å². The highest BCUT2D eigenvalue weighted by molar-refractivity contribution is 5.88. The standard InChI is InChI=1S/C18H12F4N4O/c1-3-13(10-5-4-6-12(16(10)19)18(20,21)22)26-17-11-8-23-15(27)7-14(11)24-9(2)25-17/h1,4-8,13H,2H3,(H,23,27)(H,24,25,26). The van der Waals surface area contributed by atoms with Crippen molar-refractivity contribution in [3.63, 3.8) is 0 Å². The van der Waals surface area contributed by atoms with Gasteiger partial charge < -0.3 is 10.3 Å². The molecule has 0 fully saturated rings. The van der Waals surface area contributed by atoms with Crippen molar-refractivity contribution in [2.75, 3.05) is 5.32 Å². The number of aromatic amines is 1. The lowest BCUT2D eigenvalue weighted by atomic mass is 10.0. The van der Waals surface area contributed by atoms with E-state index in [9.17, 15) is 22.4 Å². The molecule has 0 radical (unpaired) electrons. The summed E-state index contributed by atoms with van der Waals surface area (Å²) >= 11 is 0. The first-order valence-corrected chi connectivity index (χ1v) is 7.66. The minimum atomic E-state index is -4.85. The highest BCUT2D eigenvalue weighted by Gasteiger charge is 2.35. The van der Waals surface area contributed by atoms with Crippen LogP contribution in [0, 0.1) is 25.1 Å². The van der Waals surface area contributed by atoms with E-state index in [1.54, 1.807) is 6.92 Å².